The van der Waals surface area contributed by atoms with Crippen molar-refractivity contribution >= 4 is 17.7 Å². The molecular formula is C32H42N4O3. The highest BCUT2D eigenvalue weighted by atomic mass is 16.2. The molecule has 2 unspecified atom stereocenters. The third kappa shape index (κ3) is 6.19. The van der Waals surface area contributed by atoms with Gasteiger partial charge in [-0.15, -0.1) is 0 Å². The summed E-state index contributed by atoms with van der Waals surface area (Å²) in [7, 11) is 0. The van der Waals surface area contributed by atoms with E-state index in [-0.39, 0.29) is 29.7 Å². The summed E-state index contributed by atoms with van der Waals surface area (Å²) < 4.78 is 0. The Morgan fingerprint density at radius 1 is 0.846 bits per heavy atom. The lowest BCUT2D eigenvalue weighted by Crippen LogP contribution is -2.43. The van der Waals surface area contributed by atoms with E-state index >= 15 is 0 Å². The third-order valence-corrected chi connectivity index (χ3v) is 9.11. The number of likely N-dealkylation sites (tertiary alicyclic amines) is 3. The van der Waals surface area contributed by atoms with Gasteiger partial charge in [-0.1, -0.05) is 48.5 Å². The van der Waals surface area contributed by atoms with Crippen LogP contribution in [0.25, 0.3) is 0 Å². The van der Waals surface area contributed by atoms with Gasteiger partial charge in [0.15, 0.2) is 0 Å². The fourth-order valence-corrected chi connectivity index (χ4v) is 6.81. The molecular weight excluding hydrogens is 488 g/mol. The van der Waals surface area contributed by atoms with E-state index in [2.05, 4.69) is 27.2 Å². The molecule has 7 heteroatoms. The minimum absolute atomic E-state index is 0.0351. The topological polar surface area (TPSA) is 73.0 Å². The van der Waals surface area contributed by atoms with Gasteiger partial charge in [-0.2, -0.15) is 0 Å². The van der Waals surface area contributed by atoms with Crippen molar-refractivity contribution in [1.82, 2.24) is 20.0 Å². The van der Waals surface area contributed by atoms with Crippen LogP contribution >= 0.6 is 0 Å². The van der Waals surface area contributed by atoms with Gasteiger partial charge in [0.05, 0.1) is 6.04 Å². The second-order valence-electron chi connectivity index (χ2n) is 11.8. The van der Waals surface area contributed by atoms with E-state index in [0.29, 0.717) is 24.9 Å². The Morgan fingerprint density at radius 3 is 2.05 bits per heavy atom. The van der Waals surface area contributed by atoms with E-state index < -0.39 is 0 Å². The molecule has 1 N–H and O–H groups in total. The zero-order valence-electron chi connectivity index (χ0n) is 23.6. The van der Waals surface area contributed by atoms with Crippen LogP contribution in [0, 0.1) is 31.6 Å². The first-order valence-corrected chi connectivity index (χ1v) is 14.5. The number of rotatable bonds is 7. The number of nitrogens with one attached hydrogen (secondary N) is 1. The van der Waals surface area contributed by atoms with Crippen molar-refractivity contribution < 1.29 is 14.4 Å². The van der Waals surface area contributed by atoms with E-state index in [0.717, 1.165) is 74.2 Å². The van der Waals surface area contributed by atoms with Crippen LogP contribution < -0.4 is 5.32 Å². The maximum Gasteiger partial charge on any atom is 0.254 e. The van der Waals surface area contributed by atoms with Crippen molar-refractivity contribution in [3.05, 3.63) is 70.8 Å². The van der Waals surface area contributed by atoms with Crippen molar-refractivity contribution in [3.8, 4) is 0 Å². The molecule has 0 radical (unpaired) electrons. The molecule has 0 spiro atoms. The first-order chi connectivity index (χ1) is 18.8. The van der Waals surface area contributed by atoms with E-state index in [4.69, 9.17) is 0 Å². The number of benzene rings is 2. The van der Waals surface area contributed by atoms with Crippen molar-refractivity contribution in [2.24, 2.45) is 17.8 Å². The lowest BCUT2D eigenvalue weighted by atomic mass is 9.94. The second-order valence-corrected chi connectivity index (χ2v) is 11.8. The number of hydrogen-bond acceptors (Lipinski definition) is 4. The van der Waals surface area contributed by atoms with Crippen LogP contribution in [-0.4, -0.2) is 78.2 Å². The Morgan fingerprint density at radius 2 is 1.46 bits per heavy atom. The molecule has 3 fully saturated rings. The molecule has 0 aromatic heterocycles. The molecule has 3 aliphatic heterocycles. The summed E-state index contributed by atoms with van der Waals surface area (Å²) in [5, 5.41) is 3.35. The molecule has 3 atom stereocenters. The van der Waals surface area contributed by atoms with Crippen LogP contribution in [0.4, 0.5) is 0 Å². The number of aryl methyl sites for hydroxylation is 2. The first kappa shape index (κ1) is 27.4. The van der Waals surface area contributed by atoms with Crippen LogP contribution in [0.3, 0.4) is 0 Å². The lowest BCUT2D eigenvalue weighted by Gasteiger charge is -2.32. The maximum absolute atomic E-state index is 13.3. The fraction of sp³-hybridized carbons (Fsp3) is 0.531. The number of fused-ring (bicyclic) bond motifs is 1. The number of carbonyl (C=O) groups excluding carboxylic acids is 3. The monoisotopic (exact) mass is 530 g/mol. The van der Waals surface area contributed by atoms with Gasteiger partial charge in [-0.3, -0.25) is 14.4 Å². The van der Waals surface area contributed by atoms with Crippen LogP contribution in [0.1, 0.15) is 59.3 Å². The van der Waals surface area contributed by atoms with E-state index in [1.54, 1.807) is 6.92 Å². The molecule has 2 aromatic rings. The quantitative estimate of drug-likeness (QED) is 0.591. The van der Waals surface area contributed by atoms with Crippen LogP contribution in [0.2, 0.25) is 0 Å². The molecule has 2 aromatic carbocycles. The van der Waals surface area contributed by atoms with Crippen molar-refractivity contribution in [3.63, 3.8) is 0 Å². The van der Waals surface area contributed by atoms with Gasteiger partial charge in [0, 0.05) is 64.2 Å². The van der Waals surface area contributed by atoms with Gasteiger partial charge in [-0.05, 0) is 61.6 Å². The highest BCUT2D eigenvalue weighted by Gasteiger charge is 2.42. The largest absolute Gasteiger partial charge is 0.349 e. The summed E-state index contributed by atoms with van der Waals surface area (Å²) >= 11 is 0. The number of carbonyl (C=O) groups is 3. The van der Waals surface area contributed by atoms with Crippen molar-refractivity contribution in [2.75, 3.05) is 45.8 Å². The molecule has 208 valence electrons. The molecule has 3 aliphatic rings. The number of nitrogens with zero attached hydrogens (tertiary/aromatic N) is 3. The molecule has 3 heterocycles. The fourth-order valence-electron chi connectivity index (χ4n) is 6.81. The van der Waals surface area contributed by atoms with Crippen LogP contribution in [-0.2, 0) is 9.59 Å². The zero-order chi connectivity index (χ0) is 27.5. The Labute approximate surface area is 232 Å². The summed E-state index contributed by atoms with van der Waals surface area (Å²) in [4.78, 5) is 44.6. The average molecular weight is 531 g/mol. The summed E-state index contributed by atoms with van der Waals surface area (Å²) in [6.07, 6.45) is 2.30. The zero-order valence-corrected chi connectivity index (χ0v) is 23.6. The summed E-state index contributed by atoms with van der Waals surface area (Å²) in [5.41, 5.74) is 4.11. The van der Waals surface area contributed by atoms with Crippen molar-refractivity contribution in [1.29, 1.82) is 0 Å². The number of piperidine rings is 1. The van der Waals surface area contributed by atoms with Crippen LogP contribution in [0.5, 0.6) is 0 Å². The van der Waals surface area contributed by atoms with Crippen molar-refractivity contribution in [2.45, 2.75) is 46.1 Å². The standard InChI is InChI=1S/C32H42N4O3/c1-22-8-7-9-23(2)30(22)32(39)36-20-27-18-34(19-28(27)21-36)15-14-29(25-10-5-4-6-11-25)33-31(38)26-12-16-35(17-13-26)24(3)37/h4-11,26-29H,12-21H2,1-3H3,(H,33,38)/t27-,28?,29?/m0/s1. The SMILES string of the molecule is CC(=O)N1CCC(C(=O)NC(CCN2CC3CN(C(=O)c4c(C)cccc4C)C[C@@H]3C2)c2ccccc2)CC1. The van der Waals surface area contributed by atoms with E-state index in [1.807, 2.05) is 55.1 Å². The minimum atomic E-state index is -0.0432. The summed E-state index contributed by atoms with van der Waals surface area (Å²) in [6.45, 7) is 11.5. The van der Waals surface area contributed by atoms with Gasteiger partial charge in [0.25, 0.3) is 5.91 Å². The minimum Gasteiger partial charge on any atom is -0.349 e. The Bertz CT molecular complexity index is 1160. The highest BCUT2D eigenvalue weighted by molar-refractivity contribution is 5.97. The number of amides is 3. The predicted octanol–water partition coefficient (Wildman–Crippen LogP) is 3.81. The molecule has 3 amide bonds. The Kier molecular flexibility index (Phi) is 8.36. The second kappa shape index (κ2) is 11.9. The molecule has 0 saturated carbocycles. The predicted molar refractivity (Wildman–Crippen MR) is 152 cm³/mol. The Hall–Kier alpha value is -3.19. The molecule has 3 saturated heterocycles. The van der Waals surface area contributed by atoms with Crippen LogP contribution in [0.15, 0.2) is 48.5 Å². The Balaban J connectivity index is 1.15. The van der Waals surface area contributed by atoms with Gasteiger partial charge in [0.2, 0.25) is 11.8 Å². The van der Waals surface area contributed by atoms with E-state index in [9.17, 15) is 14.4 Å². The van der Waals surface area contributed by atoms with Gasteiger partial charge in [0.1, 0.15) is 0 Å². The summed E-state index contributed by atoms with van der Waals surface area (Å²) in [6, 6.07) is 16.3. The maximum atomic E-state index is 13.3. The molecule has 39 heavy (non-hydrogen) atoms. The lowest BCUT2D eigenvalue weighted by molar-refractivity contribution is -0.134. The van der Waals surface area contributed by atoms with Gasteiger partial charge in [-0.25, -0.2) is 0 Å². The molecule has 7 nitrogen and oxygen atoms in total. The molecule has 0 bridgehead atoms. The van der Waals surface area contributed by atoms with Gasteiger partial charge < -0.3 is 20.0 Å². The third-order valence-electron chi connectivity index (χ3n) is 9.11. The van der Waals surface area contributed by atoms with E-state index in [1.165, 1.54) is 0 Å². The molecule has 0 aliphatic carbocycles. The summed E-state index contributed by atoms with van der Waals surface area (Å²) in [5.74, 6) is 1.34. The average Bonchev–Trinajstić information content (AvgIpc) is 3.50. The van der Waals surface area contributed by atoms with Gasteiger partial charge >= 0.3 is 0 Å². The highest BCUT2D eigenvalue weighted by Crippen LogP contribution is 2.33. The molecule has 5 rings (SSSR count). The number of hydrogen-bond donors (Lipinski definition) is 1. The first-order valence-electron chi connectivity index (χ1n) is 14.5. The normalized spacial score (nSPS) is 22.5. The smallest absolute Gasteiger partial charge is 0.254 e.